The Morgan fingerprint density at radius 3 is 1.25 bits per heavy atom. The van der Waals surface area contributed by atoms with Crippen molar-refractivity contribution in [2.75, 3.05) is 21.3 Å². The first-order valence-electron chi connectivity index (χ1n) is 2.03. The first-order valence-corrected chi connectivity index (χ1v) is 5.39. The van der Waals surface area contributed by atoms with E-state index in [2.05, 4.69) is 11.3 Å². The van der Waals surface area contributed by atoms with E-state index < -0.39 is 14.7 Å². The summed E-state index contributed by atoms with van der Waals surface area (Å²) in [6.07, 6.45) is 0. The summed E-state index contributed by atoms with van der Waals surface area (Å²) in [5.41, 5.74) is 0. The van der Waals surface area contributed by atoms with Crippen molar-refractivity contribution in [2.24, 2.45) is 0 Å². The van der Waals surface area contributed by atoms with Gasteiger partial charge < -0.3 is 0 Å². The van der Waals surface area contributed by atoms with Gasteiger partial charge in [-0.25, -0.2) is 0 Å². The Kier molecular flexibility index (Phi) is 3.54. The molecule has 0 aromatic heterocycles. The summed E-state index contributed by atoms with van der Waals surface area (Å²) < 4.78 is 25.4. The van der Waals surface area contributed by atoms with Crippen LogP contribution in [-0.2, 0) is 11.3 Å². The van der Waals surface area contributed by atoms with Crippen LogP contribution < -0.4 is 0 Å². The average molecular weight is 185 g/mol. The van der Waals surface area contributed by atoms with Gasteiger partial charge in [-0.05, 0) is 0 Å². The van der Waals surface area contributed by atoms with E-state index in [-0.39, 0.29) is 0 Å². The molecular formula is C3H9FGeO3. The van der Waals surface area contributed by atoms with E-state index in [0.717, 1.165) is 0 Å². The Morgan fingerprint density at radius 1 is 1.00 bits per heavy atom. The quantitative estimate of drug-likeness (QED) is 0.592. The minimum atomic E-state index is -4.12. The summed E-state index contributed by atoms with van der Waals surface area (Å²) in [5.74, 6) is 0. The third kappa shape index (κ3) is 2.08. The predicted octanol–water partition coefficient (Wildman–Crippen LogP) is 0.331. The van der Waals surface area contributed by atoms with Crippen LogP contribution in [0.4, 0.5) is 3.50 Å². The van der Waals surface area contributed by atoms with Crippen LogP contribution in [0.2, 0.25) is 0 Å². The van der Waals surface area contributed by atoms with Crippen LogP contribution in [0, 0.1) is 0 Å². The molecule has 0 saturated heterocycles. The van der Waals surface area contributed by atoms with Crippen molar-refractivity contribution in [1.82, 2.24) is 0 Å². The van der Waals surface area contributed by atoms with Crippen LogP contribution in [0.3, 0.4) is 0 Å². The summed E-state index contributed by atoms with van der Waals surface area (Å²) in [7, 11) is 3.69. The average Bonchev–Trinajstić information content (AvgIpc) is 1.87. The monoisotopic (exact) mass is 186 g/mol. The van der Waals surface area contributed by atoms with Gasteiger partial charge in [0.05, 0.1) is 0 Å². The molecular weight excluding hydrogens is 176 g/mol. The topological polar surface area (TPSA) is 27.7 Å². The Hall–Kier alpha value is 0.353. The zero-order valence-corrected chi connectivity index (χ0v) is 7.20. The third-order valence-corrected chi connectivity index (χ3v) is 3.80. The Bertz CT molecular complexity index is 57.3. The molecule has 0 fully saturated rings. The first kappa shape index (κ1) is 8.35. The van der Waals surface area contributed by atoms with E-state index in [1.807, 2.05) is 0 Å². The second kappa shape index (κ2) is 3.39. The van der Waals surface area contributed by atoms with Gasteiger partial charge in [-0.15, -0.1) is 0 Å². The van der Waals surface area contributed by atoms with E-state index >= 15 is 0 Å². The second-order valence-electron chi connectivity index (χ2n) is 1.09. The molecule has 8 heavy (non-hydrogen) atoms. The Morgan fingerprint density at radius 2 is 1.25 bits per heavy atom. The van der Waals surface area contributed by atoms with E-state index in [9.17, 15) is 3.50 Å². The molecule has 0 amide bonds. The van der Waals surface area contributed by atoms with E-state index in [1.165, 1.54) is 21.3 Å². The molecule has 3 nitrogen and oxygen atoms in total. The molecule has 0 aliphatic heterocycles. The van der Waals surface area contributed by atoms with Crippen LogP contribution in [0.1, 0.15) is 0 Å². The van der Waals surface area contributed by atoms with Crippen molar-refractivity contribution >= 4 is 14.7 Å². The Labute approximate surface area is 51.6 Å². The Balaban J connectivity index is 3.58. The summed E-state index contributed by atoms with van der Waals surface area (Å²) in [5, 5.41) is 0. The molecule has 0 N–H and O–H groups in total. The summed E-state index contributed by atoms with van der Waals surface area (Å²) in [6.45, 7) is 0. The fourth-order valence-corrected chi connectivity index (χ4v) is 1.30. The van der Waals surface area contributed by atoms with Crippen molar-refractivity contribution < 1.29 is 14.8 Å². The van der Waals surface area contributed by atoms with Gasteiger partial charge in [0.15, 0.2) is 0 Å². The SMILES string of the molecule is C[O][Ge]([F])([O]C)[O]C. The van der Waals surface area contributed by atoms with Crippen molar-refractivity contribution in [3.63, 3.8) is 0 Å². The summed E-state index contributed by atoms with van der Waals surface area (Å²) in [4.78, 5) is 0. The molecule has 0 saturated carbocycles. The van der Waals surface area contributed by atoms with Crippen LogP contribution in [-0.4, -0.2) is 36.1 Å². The van der Waals surface area contributed by atoms with Crippen LogP contribution in [0.15, 0.2) is 0 Å². The van der Waals surface area contributed by atoms with Gasteiger partial charge in [-0.2, -0.15) is 0 Å². The molecule has 0 unspecified atom stereocenters. The summed E-state index contributed by atoms with van der Waals surface area (Å²) >= 11 is -4.12. The first-order chi connectivity index (χ1) is 3.68. The molecule has 0 aromatic rings. The van der Waals surface area contributed by atoms with Gasteiger partial charge in [0.25, 0.3) is 0 Å². The van der Waals surface area contributed by atoms with Gasteiger partial charge >= 0.3 is 50.9 Å². The molecule has 0 heterocycles. The zero-order valence-electron chi connectivity index (χ0n) is 5.10. The van der Waals surface area contributed by atoms with E-state index in [0.29, 0.717) is 0 Å². The van der Waals surface area contributed by atoms with Gasteiger partial charge in [0.2, 0.25) is 0 Å². The molecule has 50 valence electrons. The zero-order chi connectivity index (χ0) is 6.62. The molecule has 0 spiro atoms. The molecule has 5 heteroatoms. The van der Waals surface area contributed by atoms with Crippen molar-refractivity contribution in [1.29, 1.82) is 0 Å². The normalized spacial score (nSPS) is 12.0. The standard InChI is InChI=1S/C3H9FGeO3/c1-6-5(4,7-2)8-3/h1-3H3. The van der Waals surface area contributed by atoms with Gasteiger partial charge in [-0.1, -0.05) is 0 Å². The van der Waals surface area contributed by atoms with E-state index in [4.69, 9.17) is 0 Å². The predicted molar refractivity (Wildman–Crippen MR) is 27.9 cm³/mol. The molecule has 0 bridgehead atoms. The van der Waals surface area contributed by atoms with Gasteiger partial charge in [0, 0.05) is 0 Å². The second-order valence-corrected chi connectivity index (χ2v) is 5.68. The maximum atomic E-state index is 12.5. The number of hydrogen-bond donors (Lipinski definition) is 0. The van der Waals surface area contributed by atoms with Gasteiger partial charge in [-0.3, -0.25) is 0 Å². The molecule has 0 aliphatic rings. The van der Waals surface area contributed by atoms with Crippen molar-refractivity contribution in [3.05, 3.63) is 0 Å². The summed E-state index contributed by atoms with van der Waals surface area (Å²) in [6, 6.07) is 0. The van der Waals surface area contributed by atoms with Crippen LogP contribution in [0.5, 0.6) is 0 Å². The number of hydrogen-bond acceptors (Lipinski definition) is 3. The van der Waals surface area contributed by atoms with E-state index in [1.54, 1.807) is 0 Å². The number of halogens is 1. The van der Waals surface area contributed by atoms with Crippen LogP contribution >= 0.6 is 0 Å². The molecule has 0 atom stereocenters. The molecule has 0 aliphatic carbocycles. The maximum absolute atomic E-state index is 12.5. The van der Waals surface area contributed by atoms with Gasteiger partial charge in [0.1, 0.15) is 0 Å². The molecule has 0 rings (SSSR count). The molecule has 0 aromatic carbocycles. The fourth-order valence-electron chi connectivity index (χ4n) is 0.250. The van der Waals surface area contributed by atoms with Crippen molar-refractivity contribution in [3.8, 4) is 0 Å². The molecule has 0 radical (unpaired) electrons. The minimum absolute atomic E-state index is 1.23. The fraction of sp³-hybridized carbons (Fsp3) is 1.00. The third-order valence-electron chi connectivity index (χ3n) is 0.731. The van der Waals surface area contributed by atoms with Crippen molar-refractivity contribution in [2.45, 2.75) is 0 Å². The number of rotatable bonds is 3. The van der Waals surface area contributed by atoms with Crippen LogP contribution in [0.25, 0.3) is 0 Å².